The highest BCUT2D eigenvalue weighted by molar-refractivity contribution is 5.86. The number of aromatic nitrogens is 1. The van der Waals surface area contributed by atoms with Crippen molar-refractivity contribution in [2.75, 3.05) is 19.7 Å². The Balaban J connectivity index is 1.52. The monoisotopic (exact) mass is 345 g/mol. The summed E-state index contributed by atoms with van der Waals surface area (Å²) < 4.78 is 10.2. The van der Waals surface area contributed by atoms with Gasteiger partial charge in [0.25, 0.3) is 5.91 Å². The molecule has 1 aliphatic rings. The van der Waals surface area contributed by atoms with Gasteiger partial charge >= 0.3 is 5.97 Å². The van der Waals surface area contributed by atoms with E-state index in [1.165, 1.54) is 4.90 Å². The lowest BCUT2D eigenvalue weighted by Crippen LogP contribution is -2.45. The molecule has 1 atom stereocenters. The van der Waals surface area contributed by atoms with Gasteiger partial charge in [-0.1, -0.05) is 17.3 Å². The number of esters is 1. The normalized spacial score (nSPS) is 17.4. The molecule has 1 saturated heterocycles. The van der Waals surface area contributed by atoms with E-state index in [1.807, 2.05) is 12.1 Å². The number of benzene rings is 1. The number of likely N-dealkylation sites (tertiary alicyclic amines) is 1. The molecule has 2 heterocycles. The predicted octanol–water partition coefficient (Wildman–Crippen LogP) is 0.637. The van der Waals surface area contributed by atoms with Crippen molar-refractivity contribution >= 4 is 28.8 Å². The summed E-state index contributed by atoms with van der Waals surface area (Å²) in [5.74, 6) is -1.64. The van der Waals surface area contributed by atoms with Crippen LogP contribution in [0, 0.1) is 5.92 Å². The van der Waals surface area contributed by atoms with Crippen molar-refractivity contribution in [2.24, 2.45) is 11.7 Å². The molecule has 2 amide bonds. The van der Waals surface area contributed by atoms with Crippen molar-refractivity contribution in [3.8, 4) is 0 Å². The second kappa shape index (κ2) is 7.33. The Morgan fingerprint density at radius 2 is 2.12 bits per heavy atom. The van der Waals surface area contributed by atoms with E-state index >= 15 is 0 Å². The van der Waals surface area contributed by atoms with E-state index in [0.717, 1.165) is 5.39 Å². The Kier molecular flexibility index (Phi) is 4.97. The van der Waals surface area contributed by atoms with Gasteiger partial charge in [-0.3, -0.25) is 14.4 Å². The van der Waals surface area contributed by atoms with Gasteiger partial charge in [0.05, 0.1) is 12.3 Å². The number of hydrogen-bond donors (Lipinski definition) is 1. The molecule has 0 unspecified atom stereocenters. The third-order valence-electron chi connectivity index (χ3n) is 4.30. The topological polar surface area (TPSA) is 116 Å². The number of carbonyl (C=O) groups is 3. The lowest BCUT2D eigenvalue weighted by molar-refractivity contribution is -0.152. The van der Waals surface area contributed by atoms with Gasteiger partial charge in [-0.25, -0.2) is 0 Å². The first-order valence-corrected chi connectivity index (χ1v) is 8.10. The smallest absolute Gasteiger partial charge is 0.312 e. The van der Waals surface area contributed by atoms with Crippen LogP contribution in [0.4, 0.5) is 0 Å². The van der Waals surface area contributed by atoms with E-state index < -0.39 is 11.9 Å². The highest BCUT2D eigenvalue weighted by atomic mass is 16.5. The number of nitrogens with zero attached hydrogens (tertiary/aromatic N) is 2. The summed E-state index contributed by atoms with van der Waals surface area (Å²) in [6, 6.07) is 7.19. The van der Waals surface area contributed by atoms with Crippen LogP contribution in [0.15, 0.2) is 28.8 Å². The first-order chi connectivity index (χ1) is 12.0. The minimum Gasteiger partial charge on any atom is -0.455 e. The predicted molar refractivity (Wildman–Crippen MR) is 87.2 cm³/mol. The van der Waals surface area contributed by atoms with Crippen molar-refractivity contribution in [3.05, 3.63) is 30.0 Å². The van der Waals surface area contributed by atoms with E-state index in [1.54, 1.807) is 12.1 Å². The van der Waals surface area contributed by atoms with Gasteiger partial charge in [0.2, 0.25) is 5.91 Å². The molecule has 0 radical (unpaired) electrons. The molecule has 132 valence electrons. The minimum absolute atomic E-state index is 0.0752. The number of piperidine rings is 1. The van der Waals surface area contributed by atoms with Gasteiger partial charge in [-0.15, -0.1) is 0 Å². The number of rotatable bonds is 5. The van der Waals surface area contributed by atoms with Gasteiger partial charge in [0, 0.05) is 18.5 Å². The quantitative estimate of drug-likeness (QED) is 0.795. The van der Waals surface area contributed by atoms with Crippen LogP contribution in [0.3, 0.4) is 0 Å². The fourth-order valence-electron chi connectivity index (χ4n) is 2.92. The van der Waals surface area contributed by atoms with Gasteiger partial charge in [0.1, 0.15) is 5.69 Å². The van der Waals surface area contributed by atoms with E-state index in [4.69, 9.17) is 15.0 Å². The van der Waals surface area contributed by atoms with Crippen molar-refractivity contribution in [2.45, 2.75) is 19.3 Å². The van der Waals surface area contributed by atoms with Gasteiger partial charge in [-0.05, 0) is 25.0 Å². The molecule has 1 aliphatic heterocycles. The number of amides is 2. The highest BCUT2D eigenvalue weighted by Gasteiger charge is 2.27. The highest BCUT2D eigenvalue weighted by Crippen LogP contribution is 2.19. The molecule has 0 saturated carbocycles. The largest absolute Gasteiger partial charge is 0.455 e. The Hall–Kier alpha value is -2.90. The van der Waals surface area contributed by atoms with E-state index in [2.05, 4.69) is 5.16 Å². The summed E-state index contributed by atoms with van der Waals surface area (Å²) in [6.07, 6.45) is 1.31. The summed E-state index contributed by atoms with van der Waals surface area (Å²) in [7, 11) is 0. The number of nitrogens with two attached hydrogens (primary N) is 1. The van der Waals surface area contributed by atoms with Crippen molar-refractivity contribution in [3.63, 3.8) is 0 Å². The Morgan fingerprint density at radius 3 is 2.92 bits per heavy atom. The zero-order valence-electron chi connectivity index (χ0n) is 13.6. The average Bonchev–Trinajstić information content (AvgIpc) is 3.03. The van der Waals surface area contributed by atoms with Crippen molar-refractivity contribution in [1.29, 1.82) is 0 Å². The molecule has 1 aromatic carbocycles. The van der Waals surface area contributed by atoms with Crippen LogP contribution >= 0.6 is 0 Å². The third-order valence-corrected chi connectivity index (χ3v) is 4.30. The Labute approximate surface area is 143 Å². The number of primary amides is 1. The van der Waals surface area contributed by atoms with Crippen molar-refractivity contribution < 1.29 is 23.6 Å². The summed E-state index contributed by atoms with van der Waals surface area (Å²) in [5.41, 5.74) is 6.36. The van der Waals surface area contributed by atoms with E-state index in [-0.39, 0.29) is 31.4 Å². The molecule has 0 bridgehead atoms. The summed E-state index contributed by atoms with van der Waals surface area (Å²) in [5, 5.41) is 4.60. The van der Waals surface area contributed by atoms with E-state index in [9.17, 15) is 14.4 Å². The zero-order chi connectivity index (χ0) is 17.8. The molecular weight excluding hydrogens is 326 g/mol. The van der Waals surface area contributed by atoms with Crippen LogP contribution in [-0.2, 0) is 25.5 Å². The molecule has 2 aromatic rings. The van der Waals surface area contributed by atoms with Crippen LogP contribution in [0.25, 0.3) is 11.0 Å². The fraction of sp³-hybridized carbons (Fsp3) is 0.412. The van der Waals surface area contributed by atoms with E-state index in [0.29, 0.717) is 30.7 Å². The molecule has 8 nitrogen and oxygen atoms in total. The number of ether oxygens (including phenoxy) is 1. The standard InChI is InChI=1S/C17H19N3O5/c18-17(23)11-4-3-7-20(9-11)15(21)10-24-16(22)8-13-12-5-1-2-6-14(12)25-19-13/h1-2,5-6,11H,3-4,7-10H2,(H2,18,23)/t11-/m1/s1. The number of carbonyl (C=O) groups excluding carboxylic acids is 3. The van der Waals surface area contributed by atoms with Gasteiger partial charge in [0.15, 0.2) is 12.2 Å². The maximum atomic E-state index is 12.1. The van der Waals surface area contributed by atoms with Crippen LogP contribution in [0.2, 0.25) is 0 Å². The zero-order valence-corrected chi connectivity index (χ0v) is 13.6. The average molecular weight is 345 g/mol. The number of para-hydroxylation sites is 1. The molecule has 2 N–H and O–H groups in total. The second-order valence-electron chi connectivity index (χ2n) is 6.04. The maximum absolute atomic E-state index is 12.1. The molecule has 3 rings (SSSR count). The summed E-state index contributed by atoms with van der Waals surface area (Å²) in [6.45, 7) is 0.452. The molecule has 0 aliphatic carbocycles. The molecule has 1 fully saturated rings. The van der Waals surface area contributed by atoms with Crippen LogP contribution < -0.4 is 5.73 Å². The Morgan fingerprint density at radius 1 is 1.32 bits per heavy atom. The Bertz CT molecular complexity index is 800. The maximum Gasteiger partial charge on any atom is 0.312 e. The first-order valence-electron chi connectivity index (χ1n) is 8.10. The van der Waals surface area contributed by atoms with Crippen molar-refractivity contribution in [1.82, 2.24) is 10.1 Å². The van der Waals surface area contributed by atoms with Gasteiger partial charge in [-0.2, -0.15) is 0 Å². The molecule has 25 heavy (non-hydrogen) atoms. The fourth-order valence-corrected chi connectivity index (χ4v) is 2.92. The van der Waals surface area contributed by atoms with Crippen LogP contribution in [0.5, 0.6) is 0 Å². The van der Waals surface area contributed by atoms with Gasteiger partial charge < -0.3 is 19.9 Å². The SMILES string of the molecule is NC(=O)[C@@H]1CCCN(C(=O)COC(=O)Cc2noc3ccccc23)C1. The first kappa shape index (κ1) is 16.9. The van der Waals surface area contributed by atoms with Crippen LogP contribution in [0.1, 0.15) is 18.5 Å². The van der Waals surface area contributed by atoms with Crippen LogP contribution in [-0.4, -0.2) is 47.5 Å². The number of fused-ring (bicyclic) bond motifs is 1. The third kappa shape index (κ3) is 3.96. The summed E-state index contributed by atoms with van der Waals surface area (Å²) in [4.78, 5) is 36.9. The second-order valence-corrected chi connectivity index (χ2v) is 6.04. The molecule has 8 heteroatoms. The minimum atomic E-state index is -0.559. The molecular formula is C17H19N3O5. The molecule has 1 aromatic heterocycles. The number of hydrogen-bond acceptors (Lipinski definition) is 6. The lowest BCUT2D eigenvalue weighted by Gasteiger charge is -2.31. The lowest BCUT2D eigenvalue weighted by atomic mass is 9.97. The molecule has 0 spiro atoms. The summed E-state index contributed by atoms with van der Waals surface area (Å²) >= 11 is 0.